The predicted octanol–water partition coefficient (Wildman–Crippen LogP) is 3.31. The van der Waals surface area contributed by atoms with Crippen LogP contribution in [0.15, 0.2) is 47.6 Å². The topological polar surface area (TPSA) is 62.2 Å². The number of hydrogen-bond acceptors (Lipinski definition) is 5. The highest BCUT2D eigenvalue weighted by atomic mass is 16.5. The van der Waals surface area contributed by atoms with Crippen molar-refractivity contribution in [1.82, 2.24) is 15.2 Å². The van der Waals surface area contributed by atoms with Gasteiger partial charge in [-0.1, -0.05) is 12.1 Å². The van der Waals surface area contributed by atoms with Gasteiger partial charge < -0.3 is 24.6 Å². The van der Waals surface area contributed by atoms with E-state index in [1.807, 2.05) is 31.4 Å². The first-order chi connectivity index (χ1) is 15.3. The van der Waals surface area contributed by atoms with Gasteiger partial charge in [-0.15, -0.1) is 0 Å². The van der Waals surface area contributed by atoms with Crippen molar-refractivity contribution in [1.29, 1.82) is 0 Å². The van der Waals surface area contributed by atoms with Crippen LogP contribution >= 0.6 is 0 Å². The molecule has 1 aliphatic heterocycles. The Morgan fingerprint density at radius 1 is 1.10 bits per heavy atom. The highest BCUT2D eigenvalue weighted by Gasteiger charge is 2.21. The highest BCUT2D eigenvalue weighted by Crippen LogP contribution is 2.32. The zero-order valence-electron chi connectivity index (χ0n) is 18.6. The minimum absolute atomic E-state index is 0.306. The number of nitrogens with one attached hydrogen (secondary N) is 1. The van der Waals surface area contributed by atoms with Gasteiger partial charge in [0.25, 0.3) is 0 Å². The monoisotopic (exact) mass is 423 g/mol. The third kappa shape index (κ3) is 5.40. The number of nitrogens with zero attached hydrogens (tertiary/aromatic N) is 4. The average Bonchev–Trinajstić information content (AvgIpc) is 3.34. The second-order valence-electron chi connectivity index (χ2n) is 8.07. The van der Waals surface area contributed by atoms with E-state index in [9.17, 15) is 0 Å². The molecule has 0 unspecified atom stereocenters. The fourth-order valence-corrected chi connectivity index (χ4v) is 4.31. The number of benzene rings is 1. The Balaban J connectivity index is 1.33. The lowest BCUT2D eigenvalue weighted by atomic mass is 10.2. The van der Waals surface area contributed by atoms with Crippen LogP contribution in [0.4, 0.5) is 5.82 Å². The van der Waals surface area contributed by atoms with Crippen molar-refractivity contribution in [2.45, 2.75) is 38.3 Å². The van der Waals surface area contributed by atoms with E-state index in [1.54, 1.807) is 7.11 Å². The first kappa shape index (κ1) is 21.3. The summed E-state index contributed by atoms with van der Waals surface area (Å²) in [5, 5.41) is 3.51. The quantitative estimate of drug-likeness (QED) is 0.568. The van der Waals surface area contributed by atoms with Crippen LogP contribution in [-0.4, -0.2) is 62.3 Å². The molecule has 1 N–H and O–H groups in total. The maximum absolute atomic E-state index is 6.24. The summed E-state index contributed by atoms with van der Waals surface area (Å²) in [7, 11) is 3.54. The average molecular weight is 424 g/mol. The van der Waals surface area contributed by atoms with Gasteiger partial charge in [0.15, 0.2) is 17.5 Å². The molecular formula is C24H33N5O2. The molecule has 1 saturated heterocycles. The molecule has 0 atom stereocenters. The second-order valence-corrected chi connectivity index (χ2v) is 8.07. The number of methoxy groups -OCH3 is 1. The lowest BCUT2D eigenvalue weighted by Crippen LogP contribution is -2.52. The van der Waals surface area contributed by atoms with Crippen molar-refractivity contribution in [2.75, 3.05) is 45.2 Å². The van der Waals surface area contributed by atoms with E-state index in [0.717, 1.165) is 67.9 Å². The number of ether oxygens (including phenoxy) is 2. The van der Waals surface area contributed by atoms with Crippen LogP contribution in [0, 0.1) is 0 Å². The van der Waals surface area contributed by atoms with E-state index in [-0.39, 0.29) is 0 Å². The van der Waals surface area contributed by atoms with Gasteiger partial charge in [-0.2, -0.15) is 0 Å². The van der Waals surface area contributed by atoms with Crippen LogP contribution in [0.1, 0.15) is 31.2 Å². The summed E-state index contributed by atoms with van der Waals surface area (Å²) in [6, 6.07) is 12.2. The maximum atomic E-state index is 6.24. The van der Waals surface area contributed by atoms with Gasteiger partial charge in [0, 0.05) is 46.0 Å². The summed E-state index contributed by atoms with van der Waals surface area (Å²) in [5.41, 5.74) is 1.15. The molecule has 0 amide bonds. The molecule has 2 aliphatic rings. The van der Waals surface area contributed by atoms with E-state index >= 15 is 0 Å². The minimum Gasteiger partial charge on any atom is -0.493 e. The molecule has 166 valence electrons. The van der Waals surface area contributed by atoms with Gasteiger partial charge in [-0.3, -0.25) is 4.99 Å². The smallest absolute Gasteiger partial charge is 0.194 e. The van der Waals surface area contributed by atoms with Crippen LogP contribution in [-0.2, 0) is 6.54 Å². The van der Waals surface area contributed by atoms with E-state index in [4.69, 9.17) is 9.47 Å². The van der Waals surface area contributed by atoms with E-state index in [2.05, 4.69) is 43.3 Å². The van der Waals surface area contributed by atoms with Crippen LogP contribution in [0.25, 0.3) is 0 Å². The number of guanidine groups is 1. The lowest BCUT2D eigenvalue weighted by Gasteiger charge is -2.37. The van der Waals surface area contributed by atoms with E-state index < -0.39 is 0 Å². The molecule has 7 nitrogen and oxygen atoms in total. The predicted molar refractivity (Wildman–Crippen MR) is 124 cm³/mol. The van der Waals surface area contributed by atoms with Crippen molar-refractivity contribution >= 4 is 11.8 Å². The van der Waals surface area contributed by atoms with Crippen LogP contribution < -0.4 is 19.7 Å². The molecule has 2 heterocycles. The van der Waals surface area contributed by atoms with Crippen LogP contribution in [0.2, 0.25) is 0 Å². The SMILES string of the molecule is CN=C(NCc1ccc(OC)c(OC2CCCC2)c1)N1CCN(c2ccccn2)CC1. The Kier molecular flexibility index (Phi) is 7.12. The number of piperazine rings is 1. The number of rotatable bonds is 6. The summed E-state index contributed by atoms with van der Waals surface area (Å²) < 4.78 is 11.7. The molecule has 7 heteroatoms. The summed E-state index contributed by atoms with van der Waals surface area (Å²) in [6.45, 7) is 4.38. The summed E-state index contributed by atoms with van der Waals surface area (Å²) in [6.07, 6.45) is 6.91. The summed E-state index contributed by atoms with van der Waals surface area (Å²) >= 11 is 0. The molecule has 1 aromatic carbocycles. The lowest BCUT2D eigenvalue weighted by molar-refractivity contribution is 0.200. The van der Waals surface area contributed by atoms with Crippen molar-refractivity contribution < 1.29 is 9.47 Å². The fraction of sp³-hybridized carbons (Fsp3) is 0.500. The number of hydrogen-bond donors (Lipinski definition) is 1. The Bertz CT molecular complexity index is 860. The van der Waals surface area contributed by atoms with E-state index in [0.29, 0.717) is 12.6 Å². The fourth-order valence-electron chi connectivity index (χ4n) is 4.31. The Morgan fingerprint density at radius 2 is 1.90 bits per heavy atom. The Hall–Kier alpha value is -2.96. The zero-order valence-corrected chi connectivity index (χ0v) is 18.6. The molecule has 1 aliphatic carbocycles. The third-order valence-corrected chi connectivity index (χ3v) is 6.04. The molecule has 2 aromatic rings. The van der Waals surface area contributed by atoms with Gasteiger partial charge >= 0.3 is 0 Å². The minimum atomic E-state index is 0.306. The summed E-state index contributed by atoms with van der Waals surface area (Å²) in [4.78, 5) is 13.6. The van der Waals surface area contributed by atoms with Gasteiger partial charge in [0.05, 0.1) is 13.2 Å². The van der Waals surface area contributed by atoms with Crippen molar-refractivity contribution in [3.05, 3.63) is 48.2 Å². The third-order valence-electron chi connectivity index (χ3n) is 6.04. The van der Waals surface area contributed by atoms with Gasteiger partial charge in [-0.05, 0) is 55.5 Å². The molecular weight excluding hydrogens is 390 g/mol. The molecule has 0 bridgehead atoms. The molecule has 1 aromatic heterocycles. The van der Waals surface area contributed by atoms with Crippen LogP contribution in [0.5, 0.6) is 11.5 Å². The summed E-state index contributed by atoms with van der Waals surface area (Å²) in [5.74, 6) is 3.60. The largest absolute Gasteiger partial charge is 0.493 e. The van der Waals surface area contributed by atoms with Gasteiger partial charge in [-0.25, -0.2) is 4.98 Å². The van der Waals surface area contributed by atoms with Crippen molar-refractivity contribution in [3.63, 3.8) is 0 Å². The Labute approximate surface area is 185 Å². The number of aromatic nitrogens is 1. The Morgan fingerprint density at radius 3 is 2.58 bits per heavy atom. The first-order valence-corrected chi connectivity index (χ1v) is 11.2. The second kappa shape index (κ2) is 10.4. The zero-order chi connectivity index (χ0) is 21.5. The van der Waals surface area contributed by atoms with Crippen LogP contribution in [0.3, 0.4) is 0 Å². The molecule has 2 fully saturated rings. The van der Waals surface area contributed by atoms with Crippen molar-refractivity contribution in [3.8, 4) is 11.5 Å². The first-order valence-electron chi connectivity index (χ1n) is 11.2. The highest BCUT2D eigenvalue weighted by molar-refractivity contribution is 5.80. The standard InChI is InChI=1S/C24H33N5O2/c1-25-24(29-15-13-28(14-16-29)23-9-5-6-12-26-23)27-18-19-10-11-21(30-2)22(17-19)31-20-7-3-4-8-20/h5-6,9-12,17,20H,3-4,7-8,13-16,18H2,1-2H3,(H,25,27). The molecule has 31 heavy (non-hydrogen) atoms. The maximum Gasteiger partial charge on any atom is 0.194 e. The van der Waals surface area contributed by atoms with Gasteiger partial charge in [0.1, 0.15) is 5.82 Å². The normalized spacial score (nSPS) is 17.7. The number of aliphatic imine (C=N–C) groups is 1. The molecule has 0 radical (unpaired) electrons. The molecule has 4 rings (SSSR count). The molecule has 0 spiro atoms. The van der Waals surface area contributed by atoms with E-state index in [1.165, 1.54) is 12.8 Å². The number of pyridine rings is 1. The van der Waals surface area contributed by atoms with Gasteiger partial charge in [0.2, 0.25) is 0 Å². The molecule has 1 saturated carbocycles. The van der Waals surface area contributed by atoms with Crippen molar-refractivity contribution in [2.24, 2.45) is 4.99 Å². The number of anilines is 1.